The van der Waals surface area contributed by atoms with Gasteiger partial charge in [-0.2, -0.15) is 10.1 Å². The van der Waals surface area contributed by atoms with E-state index in [1.807, 2.05) is 0 Å². The number of aromatic nitrogens is 3. The van der Waals surface area contributed by atoms with Crippen molar-refractivity contribution in [2.24, 2.45) is 0 Å². The molecule has 7 heteroatoms. The average Bonchev–Trinajstić information content (AvgIpc) is 2.60. The first kappa shape index (κ1) is 16.3. The zero-order chi connectivity index (χ0) is 16.8. The van der Waals surface area contributed by atoms with E-state index in [2.05, 4.69) is 31.9 Å². The summed E-state index contributed by atoms with van der Waals surface area (Å²) < 4.78 is 26.2. The second-order valence-electron chi connectivity index (χ2n) is 5.70. The van der Waals surface area contributed by atoms with Crippen LogP contribution in [0.5, 0.6) is 0 Å². The van der Waals surface area contributed by atoms with Gasteiger partial charge in [-0.15, -0.1) is 5.10 Å². The van der Waals surface area contributed by atoms with E-state index in [0.717, 1.165) is 25.1 Å². The van der Waals surface area contributed by atoms with E-state index < -0.39 is 11.6 Å². The lowest BCUT2D eigenvalue weighted by molar-refractivity contribution is 0.509. The molecule has 1 aliphatic rings. The van der Waals surface area contributed by atoms with Gasteiger partial charge in [0.25, 0.3) is 0 Å². The van der Waals surface area contributed by atoms with Crippen LogP contribution in [-0.2, 0) is 0 Å². The summed E-state index contributed by atoms with van der Waals surface area (Å²) in [5, 5.41) is 13.8. The van der Waals surface area contributed by atoms with Gasteiger partial charge in [-0.25, -0.2) is 8.78 Å². The van der Waals surface area contributed by atoms with Gasteiger partial charge < -0.3 is 10.6 Å². The SMILES string of the molecule is Fc1ccc(Nc2cnnc(NCCC3=CCCCC3)n2)cc1F. The summed E-state index contributed by atoms with van der Waals surface area (Å²) >= 11 is 0. The number of benzene rings is 1. The molecule has 0 spiro atoms. The first-order chi connectivity index (χ1) is 11.7. The Kier molecular flexibility index (Phi) is 5.30. The van der Waals surface area contributed by atoms with Crippen molar-refractivity contribution in [2.45, 2.75) is 32.1 Å². The fraction of sp³-hybridized carbons (Fsp3) is 0.353. The molecule has 0 fully saturated rings. The largest absolute Gasteiger partial charge is 0.353 e. The predicted octanol–water partition coefficient (Wildman–Crippen LogP) is 4.20. The van der Waals surface area contributed by atoms with Crippen LogP contribution < -0.4 is 10.6 Å². The van der Waals surface area contributed by atoms with E-state index in [1.165, 1.54) is 43.5 Å². The van der Waals surface area contributed by atoms with Gasteiger partial charge in [0.1, 0.15) is 0 Å². The zero-order valence-electron chi connectivity index (χ0n) is 13.2. The highest BCUT2D eigenvalue weighted by atomic mass is 19.2. The van der Waals surface area contributed by atoms with E-state index in [0.29, 0.717) is 17.5 Å². The van der Waals surface area contributed by atoms with E-state index >= 15 is 0 Å². The molecule has 5 nitrogen and oxygen atoms in total. The Hall–Kier alpha value is -2.57. The van der Waals surface area contributed by atoms with Gasteiger partial charge in [-0.1, -0.05) is 11.6 Å². The van der Waals surface area contributed by atoms with Crippen LogP contribution in [0.4, 0.5) is 26.2 Å². The van der Waals surface area contributed by atoms with Gasteiger partial charge in [0.15, 0.2) is 17.5 Å². The third kappa shape index (κ3) is 4.47. The highest BCUT2D eigenvalue weighted by Crippen LogP contribution is 2.20. The maximum absolute atomic E-state index is 13.2. The van der Waals surface area contributed by atoms with E-state index in [9.17, 15) is 8.78 Å². The van der Waals surface area contributed by atoms with Gasteiger partial charge in [0, 0.05) is 18.3 Å². The molecular weight excluding hydrogens is 312 g/mol. The molecule has 126 valence electrons. The minimum atomic E-state index is -0.916. The number of hydrogen-bond donors (Lipinski definition) is 2. The van der Waals surface area contributed by atoms with Crippen LogP contribution in [0, 0.1) is 11.6 Å². The number of anilines is 3. The Labute approximate surface area is 139 Å². The van der Waals surface area contributed by atoms with Crippen molar-refractivity contribution < 1.29 is 8.78 Å². The van der Waals surface area contributed by atoms with Crippen LogP contribution in [0.2, 0.25) is 0 Å². The fourth-order valence-electron chi connectivity index (χ4n) is 2.63. The lowest BCUT2D eigenvalue weighted by atomic mass is 9.97. The number of allylic oxidation sites excluding steroid dienone is 1. The molecule has 0 aliphatic heterocycles. The summed E-state index contributed by atoms with van der Waals surface area (Å²) in [6.45, 7) is 0.738. The molecule has 1 aromatic carbocycles. The van der Waals surface area contributed by atoms with Crippen molar-refractivity contribution in [2.75, 3.05) is 17.2 Å². The van der Waals surface area contributed by atoms with Crippen molar-refractivity contribution >= 4 is 17.5 Å². The second-order valence-corrected chi connectivity index (χ2v) is 5.70. The number of halogens is 2. The predicted molar refractivity (Wildman–Crippen MR) is 89.1 cm³/mol. The second kappa shape index (κ2) is 7.81. The smallest absolute Gasteiger partial charge is 0.244 e. The van der Waals surface area contributed by atoms with E-state index in [4.69, 9.17) is 0 Å². The van der Waals surface area contributed by atoms with Crippen molar-refractivity contribution in [3.8, 4) is 0 Å². The maximum atomic E-state index is 13.2. The Bertz CT molecular complexity index is 733. The summed E-state index contributed by atoms with van der Waals surface area (Å²) in [5.41, 5.74) is 1.87. The Morgan fingerprint density at radius 1 is 1.12 bits per heavy atom. The molecule has 0 unspecified atom stereocenters. The Morgan fingerprint density at radius 2 is 2.04 bits per heavy atom. The number of rotatable bonds is 6. The quantitative estimate of drug-likeness (QED) is 0.777. The normalized spacial score (nSPS) is 14.2. The monoisotopic (exact) mass is 331 g/mol. The molecule has 3 rings (SSSR count). The van der Waals surface area contributed by atoms with Crippen molar-refractivity contribution in [1.29, 1.82) is 0 Å². The molecular formula is C17H19F2N5. The summed E-state index contributed by atoms with van der Waals surface area (Å²) in [6.07, 6.45) is 9.57. The molecule has 0 atom stereocenters. The van der Waals surface area contributed by atoms with Crippen LogP contribution >= 0.6 is 0 Å². The van der Waals surface area contributed by atoms with Crippen LogP contribution in [0.25, 0.3) is 0 Å². The van der Waals surface area contributed by atoms with Crippen molar-refractivity contribution in [3.05, 3.63) is 47.7 Å². The van der Waals surface area contributed by atoms with Crippen molar-refractivity contribution in [1.82, 2.24) is 15.2 Å². The Morgan fingerprint density at radius 3 is 2.83 bits per heavy atom. The van der Waals surface area contributed by atoms with Crippen LogP contribution in [-0.4, -0.2) is 21.7 Å². The molecule has 0 saturated heterocycles. The van der Waals surface area contributed by atoms with Crippen LogP contribution in [0.15, 0.2) is 36.0 Å². The van der Waals surface area contributed by atoms with E-state index in [-0.39, 0.29) is 0 Å². The van der Waals surface area contributed by atoms with Crippen molar-refractivity contribution in [3.63, 3.8) is 0 Å². The van der Waals surface area contributed by atoms with Gasteiger partial charge in [-0.05, 0) is 44.2 Å². The molecule has 1 aliphatic carbocycles. The lowest BCUT2D eigenvalue weighted by Gasteiger charge is -2.13. The number of nitrogens with zero attached hydrogens (tertiary/aromatic N) is 3. The van der Waals surface area contributed by atoms with Gasteiger partial charge >= 0.3 is 0 Å². The van der Waals surface area contributed by atoms with E-state index in [1.54, 1.807) is 0 Å². The zero-order valence-corrected chi connectivity index (χ0v) is 13.2. The molecule has 2 N–H and O–H groups in total. The minimum absolute atomic E-state index is 0.396. The summed E-state index contributed by atoms with van der Waals surface area (Å²) in [6, 6.07) is 3.56. The highest BCUT2D eigenvalue weighted by molar-refractivity contribution is 5.56. The third-order valence-electron chi connectivity index (χ3n) is 3.87. The Balaban J connectivity index is 1.57. The molecule has 1 heterocycles. The van der Waals surface area contributed by atoms with Crippen LogP contribution in [0.3, 0.4) is 0 Å². The number of nitrogens with one attached hydrogen (secondary N) is 2. The molecule has 0 amide bonds. The lowest BCUT2D eigenvalue weighted by Crippen LogP contribution is -2.09. The first-order valence-corrected chi connectivity index (χ1v) is 8.04. The third-order valence-corrected chi connectivity index (χ3v) is 3.87. The standard InChI is InChI=1S/C17H19F2N5/c18-14-7-6-13(10-15(14)19)22-16-11-21-24-17(23-16)20-9-8-12-4-2-1-3-5-12/h4,6-7,10-11H,1-3,5,8-9H2,(H2,20,22,23,24). The fourth-order valence-corrected chi connectivity index (χ4v) is 2.63. The molecule has 0 bridgehead atoms. The van der Waals surface area contributed by atoms with Gasteiger partial charge in [-0.3, -0.25) is 0 Å². The summed E-state index contributed by atoms with van der Waals surface area (Å²) in [7, 11) is 0. The highest BCUT2D eigenvalue weighted by Gasteiger charge is 2.06. The molecule has 24 heavy (non-hydrogen) atoms. The van der Waals surface area contributed by atoms with Gasteiger partial charge in [0.2, 0.25) is 5.95 Å². The molecule has 2 aromatic rings. The number of hydrogen-bond acceptors (Lipinski definition) is 5. The summed E-state index contributed by atoms with van der Waals surface area (Å²) in [4.78, 5) is 4.27. The molecule has 1 aromatic heterocycles. The first-order valence-electron chi connectivity index (χ1n) is 8.04. The minimum Gasteiger partial charge on any atom is -0.353 e. The summed E-state index contributed by atoms with van der Waals surface area (Å²) in [5.74, 6) is -0.990. The average molecular weight is 331 g/mol. The molecule has 0 saturated carbocycles. The topological polar surface area (TPSA) is 62.7 Å². The maximum Gasteiger partial charge on any atom is 0.244 e. The molecule has 0 radical (unpaired) electrons. The van der Waals surface area contributed by atoms with Gasteiger partial charge in [0.05, 0.1) is 6.20 Å². The van der Waals surface area contributed by atoms with Crippen LogP contribution in [0.1, 0.15) is 32.1 Å².